The molecule has 0 aromatic carbocycles. The van der Waals surface area contributed by atoms with Crippen LogP contribution in [0.25, 0.3) is 0 Å². The number of thiophene rings is 1. The Morgan fingerprint density at radius 2 is 1.95 bits per heavy atom. The van der Waals surface area contributed by atoms with Crippen LogP contribution in [0, 0.1) is 11.8 Å². The van der Waals surface area contributed by atoms with Gasteiger partial charge in [0.1, 0.15) is 4.88 Å². The van der Waals surface area contributed by atoms with Gasteiger partial charge in [-0.25, -0.2) is 4.79 Å². The molecule has 5 heteroatoms. The van der Waals surface area contributed by atoms with Crippen molar-refractivity contribution in [2.45, 2.75) is 44.9 Å². The molecule has 0 saturated heterocycles. The molecule has 0 spiro atoms. The van der Waals surface area contributed by atoms with E-state index in [9.17, 15) is 9.59 Å². The first-order valence-corrected chi connectivity index (χ1v) is 9.06. The minimum absolute atomic E-state index is 0.123. The van der Waals surface area contributed by atoms with Crippen molar-refractivity contribution in [3.05, 3.63) is 16.3 Å². The Balaban J connectivity index is 1.84. The van der Waals surface area contributed by atoms with Gasteiger partial charge < -0.3 is 9.64 Å². The van der Waals surface area contributed by atoms with Gasteiger partial charge in [0, 0.05) is 12.5 Å². The molecule has 1 heterocycles. The highest BCUT2D eigenvalue weighted by molar-refractivity contribution is 7.12. The third-order valence-electron chi connectivity index (χ3n) is 4.66. The van der Waals surface area contributed by atoms with Crippen LogP contribution in [0.1, 0.15) is 54.6 Å². The van der Waals surface area contributed by atoms with Gasteiger partial charge in [-0.1, -0.05) is 19.3 Å². The van der Waals surface area contributed by atoms with Gasteiger partial charge in [0.05, 0.1) is 12.8 Å². The molecule has 1 aromatic rings. The zero-order chi connectivity index (χ0) is 15.5. The van der Waals surface area contributed by atoms with E-state index < -0.39 is 0 Å². The van der Waals surface area contributed by atoms with Crippen molar-refractivity contribution in [3.63, 3.8) is 0 Å². The second-order valence-corrected chi connectivity index (χ2v) is 7.27. The topological polar surface area (TPSA) is 46.6 Å². The number of carbonyl (C=O) groups excluding carboxylic acids is 2. The highest BCUT2D eigenvalue weighted by Crippen LogP contribution is 2.36. The number of carbonyl (C=O) groups is 2. The number of amides is 1. The average molecular weight is 321 g/mol. The highest BCUT2D eigenvalue weighted by atomic mass is 32.1. The molecule has 0 radical (unpaired) electrons. The summed E-state index contributed by atoms with van der Waals surface area (Å²) in [5.41, 5.74) is 0.749. The number of esters is 1. The van der Waals surface area contributed by atoms with Gasteiger partial charge in [0.15, 0.2) is 0 Å². The Labute approximate surface area is 135 Å². The SMILES string of the molecule is COC(=O)c1sccc1N(CC1CC1)C(=O)C1CCCCC1. The zero-order valence-corrected chi connectivity index (χ0v) is 13.9. The normalized spacial score (nSPS) is 19.0. The molecule has 2 aliphatic carbocycles. The first kappa shape index (κ1) is 15.5. The lowest BCUT2D eigenvalue weighted by atomic mass is 9.88. The van der Waals surface area contributed by atoms with E-state index in [4.69, 9.17) is 4.74 Å². The molecule has 2 saturated carbocycles. The maximum absolute atomic E-state index is 13.0. The van der Waals surface area contributed by atoms with Crippen LogP contribution in [-0.2, 0) is 9.53 Å². The molecule has 2 aliphatic rings. The van der Waals surface area contributed by atoms with Gasteiger partial charge in [-0.2, -0.15) is 0 Å². The minimum atomic E-state index is -0.345. The number of rotatable bonds is 5. The van der Waals surface area contributed by atoms with Crippen LogP contribution in [0.2, 0.25) is 0 Å². The summed E-state index contributed by atoms with van der Waals surface area (Å²) in [7, 11) is 1.39. The fourth-order valence-electron chi connectivity index (χ4n) is 3.20. The summed E-state index contributed by atoms with van der Waals surface area (Å²) in [5, 5.41) is 1.87. The smallest absolute Gasteiger partial charge is 0.350 e. The van der Waals surface area contributed by atoms with Crippen molar-refractivity contribution < 1.29 is 14.3 Å². The van der Waals surface area contributed by atoms with Crippen molar-refractivity contribution in [1.82, 2.24) is 0 Å². The molecular formula is C17H23NO3S. The Morgan fingerprint density at radius 1 is 1.23 bits per heavy atom. The zero-order valence-electron chi connectivity index (χ0n) is 13.0. The van der Waals surface area contributed by atoms with Crippen molar-refractivity contribution >= 4 is 28.9 Å². The Kier molecular flexibility index (Phi) is 4.81. The molecule has 1 aromatic heterocycles. The van der Waals surface area contributed by atoms with E-state index in [2.05, 4.69) is 0 Å². The number of ether oxygens (including phenoxy) is 1. The Bertz CT molecular complexity index is 544. The van der Waals surface area contributed by atoms with Gasteiger partial charge in [0.25, 0.3) is 0 Å². The predicted molar refractivity (Wildman–Crippen MR) is 87.3 cm³/mol. The molecule has 0 aliphatic heterocycles. The van der Waals surface area contributed by atoms with E-state index in [1.165, 1.54) is 37.7 Å². The molecule has 120 valence electrons. The van der Waals surface area contributed by atoms with Crippen LogP contribution in [-0.4, -0.2) is 25.5 Å². The van der Waals surface area contributed by atoms with E-state index in [0.717, 1.165) is 37.9 Å². The third kappa shape index (κ3) is 3.35. The van der Waals surface area contributed by atoms with Gasteiger partial charge in [0.2, 0.25) is 5.91 Å². The number of hydrogen-bond donors (Lipinski definition) is 0. The van der Waals surface area contributed by atoms with E-state index in [-0.39, 0.29) is 17.8 Å². The third-order valence-corrected chi connectivity index (χ3v) is 5.55. The van der Waals surface area contributed by atoms with Gasteiger partial charge >= 0.3 is 5.97 Å². The van der Waals surface area contributed by atoms with Crippen LogP contribution in [0.4, 0.5) is 5.69 Å². The lowest BCUT2D eigenvalue weighted by molar-refractivity contribution is -0.123. The molecule has 3 rings (SSSR count). The molecule has 4 nitrogen and oxygen atoms in total. The Hall–Kier alpha value is -1.36. The summed E-state index contributed by atoms with van der Waals surface area (Å²) in [4.78, 5) is 27.4. The molecule has 0 atom stereocenters. The van der Waals surface area contributed by atoms with Crippen LogP contribution in [0.15, 0.2) is 11.4 Å². The summed E-state index contributed by atoms with van der Waals surface area (Å²) in [6, 6.07) is 1.89. The van der Waals surface area contributed by atoms with Gasteiger partial charge in [-0.05, 0) is 43.0 Å². The molecule has 1 amide bonds. The largest absolute Gasteiger partial charge is 0.465 e. The summed E-state index contributed by atoms with van der Waals surface area (Å²) in [6.07, 6.45) is 7.86. The van der Waals surface area contributed by atoms with Crippen molar-refractivity contribution in [3.8, 4) is 0 Å². The number of methoxy groups -OCH3 is 1. The molecule has 0 N–H and O–H groups in total. The number of anilines is 1. The predicted octanol–water partition coefficient (Wildman–Crippen LogP) is 3.86. The summed E-state index contributed by atoms with van der Waals surface area (Å²) < 4.78 is 4.86. The van der Waals surface area contributed by atoms with E-state index in [0.29, 0.717) is 10.8 Å². The monoisotopic (exact) mass is 321 g/mol. The summed E-state index contributed by atoms with van der Waals surface area (Å²) in [6.45, 7) is 0.746. The lowest BCUT2D eigenvalue weighted by Gasteiger charge is -2.29. The van der Waals surface area contributed by atoms with Crippen LogP contribution < -0.4 is 4.90 Å². The Morgan fingerprint density at radius 3 is 2.59 bits per heavy atom. The van der Waals surface area contributed by atoms with Crippen LogP contribution in [0.5, 0.6) is 0 Å². The fourth-order valence-corrected chi connectivity index (χ4v) is 4.01. The number of nitrogens with zero attached hydrogens (tertiary/aromatic N) is 1. The number of hydrogen-bond acceptors (Lipinski definition) is 4. The minimum Gasteiger partial charge on any atom is -0.465 e. The molecule has 0 unspecified atom stereocenters. The van der Waals surface area contributed by atoms with Crippen LogP contribution >= 0.6 is 11.3 Å². The first-order valence-electron chi connectivity index (χ1n) is 8.18. The van der Waals surface area contributed by atoms with Crippen molar-refractivity contribution in [1.29, 1.82) is 0 Å². The average Bonchev–Trinajstić information content (AvgIpc) is 3.26. The van der Waals surface area contributed by atoms with Gasteiger partial charge in [-0.3, -0.25) is 4.79 Å². The van der Waals surface area contributed by atoms with Crippen molar-refractivity contribution in [2.75, 3.05) is 18.6 Å². The maximum Gasteiger partial charge on any atom is 0.350 e. The van der Waals surface area contributed by atoms with Gasteiger partial charge in [-0.15, -0.1) is 11.3 Å². The second-order valence-electron chi connectivity index (χ2n) is 6.35. The summed E-state index contributed by atoms with van der Waals surface area (Å²) in [5.74, 6) is 0.577. The highest BCUT2D eigenvalue weighted by Gasteiger charge is 2.34. The molecule has 22 heavy (non-hydrogen) atoms. The second kappa shape index (κ2) is 6.82. The van der Waals surface area contributed by atoms with E-state index >= 15 is 0 Å². The standard InChI is InChI=1S/C17H23NO3S/c1-21-17(20)15-14(9-10-22-15)18(11-12-7-8-12)16(19)13-5-3-2-4-6-13/h9-10,12-13H,2-8,11H2,1H3. The lowest BCUT2D eigenvalue weighted by Crippen LogP contribution is -2.39. The quantitative estimate of drug-likeness (QED) is 0.774. The summed E-state index contributed by atoms with van der Waals surface area (Å²) >= 11 is 1.35. The van der Waals surface area contributed by atoms with Crippen molar-refractivity contribution in [2.24, 2.45) is 11.8 Å². The van der Waals surface area contributed by atoms with Crippen LogP contribution in [0.3, 0.4) is 0 Å². The molecular weight excluding hydrogens is 298 g/mol. The molecule has 2 fully saturated rings. The fraction of sp³-hybridized carbons (Fsp3) is 0.647. The molecule has 0 bridgehead atoms. The van der Waals surface area contributed by atoms with E-state index in [1.54, 1.807) is 0 Å². The van der Waals surface area contributed by atoms with E-state index in [1.807, 2.05) is 16.3 Å². The first-order chi connectivity index (χ1) is 10.7. The maximum atomic E-state index is 13.0.